The highest BCUT2D eigenvalue weighted by Crippen LogP contribution is 2.21. The minimum absolute atomic E-state index is 0.133. The van der Waals surface area contributed by atoms with Crippen LogP contribution in [0.25, 0.3) is 0 Å². The molecule has 0 fully saturated rings. The highest BCUT2D eigenvalue weighted by molar-refractivity contribution is 5.93. The van der Waals surface area contributed by atoms with Crippen LogP contribution in [0.3, 0.4) is 0 Å². The van der Waals surface area contributed by atoms with Crippen molar-refractivity contribution in [3.8, 4) is 0 Å². The molecule has 1 aliphatic rings. The van der Waals surface area contributed by atoms with Gasteiger partial charge in [0.05, 0.1) is 5.69 Å². The Morgan fingerprint density at radius 3 is 2.81 bits per heavy atom. The van der Waals surface area contributed by atoms with Gasteiger partial charge in [0.1, 0.15) is 17.3 Å². The van der Waals surface area contributed by atoms with E-state index in [2.05, 4.69) is 21.7 Å². The smallest absolute Gasteiger partial charge is 0.269 e. The molecule has 0 radical (unpaired) electrons. The first-order chi connectivity index (χ1) is 12.6. The number of carbonyl (C=O) groups excluding carboxylic acids is 1. The predicted molar refractivity (Wildman–Crippen MR) is 97.4 cm³/mol. The van der Waals surface area contributed by atoms with Crippen LogP contribution >= 0.6 is 0 Å². The molecule has 136 valence electrons. The van der Waals surface area contributed by atoms with Crippen LogP contribution < -0.4 is 10.6 Å². The van der Waals surface area contributed by atoms with Crippen molar-refractivity contribution in [2.45, 2.75) is 32.1 Å². The summed E-state index contributed by atoms with van der Waals surface area (Å²) in [6.45, 7) is 0.566. The maximum Gasteiger partial charge on any atom is 0.269 e. The number of nitrogens with zero attached hydrogens (tertiary/aromatic N) is 1. The summed E-state index contributed by atoms with van der Waals surface area (Å²) in [5, 5.41) is 5.69. The van der Waals surface area contributed by atoms with Crippen molar-refractivity contribution in [2.24, 2.45) is 0 Å². The van der Waals surface area contributed by atoms with E-state index >= 15 is 0 Å². The van der Waals surface area contributed by atoms with Crippen molar-refractivity contribution in [1.29, 1.82) is 0 Å². The van der Waals surface area contributed by atoms with Gasteiger partial charge in [-0.05, 0) is 56.4 Å². The number of aromatic nitrogens is 1. The fourth-order valence-corrected chi connectivity index (χ4v) is 2.94. The van der Waals surface area contributed by atoms with Gasteiger partial charge in [-0.1, -0.05) is 11.6 Å². The Morgan fingerprint density at radius 1 is 1.15 bits per heavy atom. The zero-order valence-corrected chi connectivity index (χ0v) is 14.4. The Hall–Kier alpha value is -2.76. The molecule has 0 bridgehead atoms. The standard InChI is InChI=1S/C20H21F2N3O/c21-15-6-7-18(17(22)12-15)25-16-9-11-23-19(13-16)20(26)24-10-8-14-4-2-1-3-5-14/h4,6-7,9,11-13H,1-3,5,8,10H2,(H,23,25)(H,24,26). The molecule has 6 heteroatoms. The van der Waals surface area contributed by atoms with E-state index in [1.807, 2.05) is 0 Å². The van der Waals surface area contributed by atoms with Gasteiger partial charge in [-0.3, -0.25) is 9.78 Å². The number of hydrogen-bond donors (Lipinski definition) is 2. The molecular weight excluding hydrogens is 336 g/mol. The summed E-state index contributed by atoms with van der Waals surface area (Å²) in [7, 11) is 0. The lowest BCUT2D eigenvalue weighted by Crippen LogP contribution is -2.25. The number of carbonyl (C=O) groups is 1. The number of anilines is 2. The van der Waals surface area contributed by atoms with E-state index in [1.165, 1.54) is 42.8 Å². The molecule has 0 spiro atoms. The molecule has 2 aromatic rings. The molecule has 1 amide bonds. The number of amides is 1. The van der Waals surface area contributed by atoms with Gasteiger partial charge in [0.15, 0.2) is 0 Å². The van der Waals surface area contributed by atoms with Crippen LogP contribution in [0.4, 0.5) is 20.2 Å². The molecule has 0 saturated carbocycles. The van der Waals surface area contributed by atoms with E-state index in [0.29, 0.717) is 12.2 Å². The minimum atomic E-state index is -0.700. The average molecular weight is 357 g/mol. The van der Waals surface area contributed by atoms with Crippen LogP contribution in [0.15, 0.2) is 48.2 Å². The predicted octanol–water partition coefficient (Wildman–Crippen LogP) is 4.72. The van der Waals surface area contributed by atoms with Crippen molar-refractivity contribution in [3.63, 3.8) is 0 Å². The first-order valence-corrected chi connectivity index (χ1v) is 8.76. The number of nitrogens with one attached hydrogen (secondary N) is 2. The van der Waals surface area contributed by atoms with Crippen LogP contribution in [0.5, 0.6) is 0 Å². The highest BCUT2D eigenvalue weighted by atomic mass is 19.1. The lowest BCUT2D eigenvalue weighted by Gasteiger charge is -2.13. The number of halogens is 2. The van der Waals surface area contributed by atoms with Crippen molar-refractivity contribution in [2.75, 3.05) is 11.9 Å². The van der Waals surface area contributed by atoms with Crippen LogP contribution in [-0.2, 0) is 0 Å². The van der Waals surface area contributed by atoms with Gasteiger partial charge < -0.3 is 10.6 Å². The summed E-state index contributed by atoms with van der Waals surface area (Å²) < 4.78 is 26.7. The summed E-state index contributed by atoms with van der Waals surface area (Å²) in [6, 6.07) is 6.43. The average Bonchev–Trinajstić information content (AvgIpc) is 2.65. The lowest BCUT2D eigenvalue weighted by atomic mass is 9.97. The molecule has 1 aromatic carbocycles. The third kappa shape index (κ3) is 4.88. The summed E-state index contributed by atoms with van der Waals surface area (Å²) in [5.74, 6) is -1.62. The zero-order valence-electron chi connectivity index (χ0n) is 14.4. The summed E-state index contributed by atoms with van der Waals surface area (Å²) in [6.07, 6.45) is 9.28. The fourth-order valence-electron chi connectivity index (χ4n) is 2.94. The van der Waals surface area contributed by atoms with E-state index in [1.54, 1.807) is 6.07 Å². The molecule has 1 heterocycles. The lowest BCUT2D eigenvalue weighted by molar-refractivity contribution is 0.0949. The second-order valence-electron chi connectivity index (χ2n) is 6.29. The third-order valence-corrected chi connectivity index (χ3v) is 4.32. The maximum atomic E-state index is 13.7. The fraction of sp³-hybridized carbons (Fsp3) is 0.300. The molecule has 4 nitrogen and oxygen atoms in total. The van der Waals surface area contributed by atoms with E-state index in [9.17, 15) is 13.6 Å². The quantitative estimate of drug-likeness (QED) is 0.735. The van der Waals surface area contributed by atoms with Crippen molar-refractivity contribution >= 4 is 17.3 Å². The first kappa shape index (κ1) is 18.0. The summed E-state index contributed by atoms with van der Waals surface area (Å²) in [5.41, 5.74) is 2.28. The number of hydrogen-bond acceptors (Lipinski definition) is 3. The molecule has 2 N–H and O–H groups in total. The molecule has 0 aliphatic heterocycles. The molecule has 0 atom stereocenters. The number of benzene rings is 1. The minimum Gasteiger partial charge on any atom is -0.353 e. The SMILES string of the molecule is O=C(NCCC1=CCCCC1)c1cc(Nc2ccc(F)cc2F)ccn1. The topological polar surface area (TPSA) is 54.0 Å². The van der Waals surface area contributed by atoms with Gasteiger partial charge >= 0.3 is 0 Å². The second kappa shape index (κ2) is 8.56. The van der Waals surface area contributed by atoms with Gasteiger partial charge in [0.25, 0.3) is 5.91 Å². The highest BCUT2D eigenvalue weighted by Gasteiger charge is 2.10. The largest absolute Gasteiger partial charge is 0.353 e. The monoisotopic (exact) mass is 357 g/mol. The van der Waals surface area contributed by atoms with Gasteiger partial charge in [-0.25, -0.2) is 8.78 Å². The molecule has 3 rings (SSSR count). The van der Waals surface area contributed by atoms with Gasteiger partial charge in [0.2, 0.25) is 0 Å². The Balaban J connectivity index is 1.59. The zero-order chi connectivity index (χ0) is 18.4. The Labute approximate surface area is 151 Å². The van der Waals surface area contributed by atoms with Crippen LogP contribution in [0.1, 0.15) is 42.6 Å². The summed E-state index contributed by atoms with van der Waals surface area (Å²) >= 11 is 0. The summed E-state index contributed by atoms with van der Waals surface area (Å²) in [4.78, 5) is 16.3. The van der Waals surface area contributed by atoms with E-state index < -0.39 is 11.6 Å². The number of pyridine rings is 1. The van der Waals surface area contributed by atoms with Gasteiger partial charge in [-0.2, -0.15) is 0 Å². The second-order valence-corrected chi connectivity index (χ2v) is 6.29. The molecule has 0 unspecified atom stereocenters. The number of rotatable bonds is 6. The first-order valence-electron chi connectivity index (χ1n) is 8.76. The van der Waals surface area contributed by atoms with E-state index in [0.717, 1.165) is 25.3 Å². The van der Waals surface area contributed by atoms with Crippen LogP contribution in [0.2, 0.25) is 0 Å². The van der Waals surface area contributed by atoms with Crippen molar-refractivity contribution in [3.05, 3.63) is 65.5 Å². The maximum absolute atomic E-state index is 13.7. The van der Waals surface area contributed by atoms with Crippen molar-refractivity contribution in [1.82, 2.24) is 10.3 Å². The number of allylic oxidation sites excluding steroid dienone is 1. The van der Waals surface area contributed by atoms with Gasteiger partial charge in [0, 0.05) is 24.5 Å². The van der Waals surface area contributed by atoms with E-state index in [4.69, 9.17) is 0 Å². The van der Waals surface area contributed by atoms with Gasteiger partial charge in [-0.15, -0.1) is 0 Å². The Kier molecular flexibility index (Phi) is 5.94. The van der Waals surface area contributed by atoms with Crippen molar-refractivity contribution < 1.29 is 13.6 Å². The molecule has 0 saturated heterocycles. The molecule has 1 aromatic heterocycles. The van der Waals surface area contributed by atoms with E-state index in [-0.39, 0.29) is 17.3 Å². The Bertz CT molecular complexity index is 820. The molecule has 1 aliphatic carbocycles. The normalized spacial score (nSPS) is 13.8. The van der Waals surface area contributed by atoms with Crippen LogP contribution in [0, 0.1) is 11.6 Å². The third-order valence-electron chi connectivity index (χ3n) is 4.32. The molecular formula is C20H21F2N3O. The van der Waals surface area contributed by atoms with Crippen LogP contribution in [-0.4, -0.2) is 17.4 Å². The Morgan fingerprint density at radius 2 is 2.04 bits per heavy atom. The molecule has 26 heavy (non-hydrogen) atoms.